The third-order valence-electron chi connectivity index (χ3n) is 7.85. The molecule has 0 radical (unpaired) electrons. The largest absolute Gasteiger partial charge is 0.363 e. The maximum atomic E-state index is 13.8. The summed E-state index contributed by atoms with van der Waals surface area (Å²) in [4.78, 5) is 19.0. The Bertz CT molecular complexity index is 1460. The Morgan fingerprint density at radius 3 is 1.71 bits per heavy atom. The van der Waals surface area contributed by atoms with E-state index in [1.54, 1.807) is 0 Å². The van der Waals surface area contributed by atoms with Crippen LogP contribution in [0.1, 0.15) is 60.5 Å². The van der Waals surface area contributed by atoms with Gasteiger partial charge in [-0.2, -0.15) is 0 Å². The molecule has 194 valence electrons. The van der Waals surface area contributed by atoms with Gasteiger partial charge >= 0.3 is 0 Å². The summed E-state index contributed by atoms with van der Waals surface area (Å²) in [7, 11) is 0. The molecule has 0 amide bonds. The smallest absolute Gasteiger partial charge is 0.124 e. The molecule has 5 aromatic rings. The lowest BCUT2D eigenvalue weighted by atomic mass is 10.1. The average Bonchev–Trinajstić information content (AvgIpc) is 3.73. The SMILES string of the molecule is Fc1ccc(N(Cc2ccc3nc(C4CCCN4)[nH]c3c2)Cc2ccc3nc(C4CCCN4)[nH]c3c2)cc1. The van der Waals surface area contributed by atoms with E-state index in [0.717, 1.165) is 65.3 Å². The van der Waals surface area contributed by atoms with Gasteiger partial charge in [-0.15, -0.1) is 0 Å². The summed E-state index contributed by atoms with van der Waals surface area (Å²) < 4.78 is 13.8. The van der Waals surface area contributed by atoms with E-state index in [1.807, 2.05) is 12.1 Å². The minimum absolute atomic E-state index is 0.229. The lowest BCUT2D eigenvalue weighted by molar-refractivity contribution is 0.614. The minimum Gasteiger partial charge on any atom is -0.363 e. The number of anilines is 1. The summed E-state index contributed by atoms with van der Waals surface area (Å²) in [6.07, 6.45) is 4.60. The van der Waals surface area contributed by atoms with Crippen molar-refractivity contribution in [3.63, 3.8) is 0 Å². The van der Waals surface area contributed by atoms with Crippen molar-refractivity contribution >= 4 is 27.8 Å². The van der Waals surface area contributed by atoms with E-state index < -0.39 is 0 Å². The van der Waals surface area contributed by atoms with Gasteiger partial charge in [0.2, 0.25) is 0 Å². The molecule has 2 atom stereocenters. The van der Waals surface area contributed by atoms with Crippen molar-refractivity contribution < 1.29 is 4.39 Å². The van der Waals surface area contributed by atoms with Gasteiger partial charge in [0.05, 0.1) is 34.2 Å². The Kier molecular flexibility index (Phi) is 6.06. The van der Waals surface area contributed by atoms with Crippen LogP contribution < -0.4 is 15.5 Å². The van der Waals surface area contributed by atoms with Crippen LogP contribution in [-0.4, -0.2) is 33.0 Å². The standard InChI is InChI=1S/C30H32FN7/c31-21-7-9-22(10-8-21)38(17-19-5-11-23-27(15-19)36-29(34-23)25-3-1-13-32-25)18-20-6-12-24-28(16-20)37-30(35-24)26-4-2-14-33-26/h5-12,15-16,25-26,32-33H,1-4,13-14,17-18H2,(H,34,36)(H,35,37). The molecule has 0 saturated carbocycles. The van der Waals surface area contributed by atoms with Crippen LogP contribution in [0.2, 0.25) is 0 Å². The summed E-state index contributed by atoms with van der Waals surface area (Å²) in [5.74, 6) is 1.81. The lowest BCUT2D eigenvalue weighted by Crippen LogP contribution is -2.22. The molecule has 38 heavy (non-hydrogen) atoms. The minimum atomic E-state index is -0.229. The first-order valence-electron chi connectivity index (χ1n) is 13.6. The van der Waals surface area contributed by atoms with E-state index in [4.69, 9.17) is 9.97 Å². The van der Waals surface area contributed by atoms with E-state index in [0.29, 0.717) is 25.2 Å². The molecule has 0 aliphatic carbocycles. The maximum absolute atomic E-state index is 13.8. The van der Waals surface area contributed by atoms with Gasteiger partial charge in [-0.3, -0.25) is 0 Å². The highest BCUT2D eigenvalue weighted by atomic mass is 19.1. The Labute approximate surface area is 220 Å². The number of hydrogen-bond acceptors (Lipinski definition) is 5. The van der Waals surface area contributed by atoms with Crippen LogP contribution >= 0.6 is 0 Å². The molecule has 4 heterocycles. The number of imidazole rings is 2. The number of benzene rings is 3. The van der Waals surface area contributed by atoms with Crippen molar-refractivity contribution in [3.8, 4) is 0 Å². The van der Waals surface area contributed by atoms with Gasteiger partial charge in [0.25, 0.3) is 0 Å². The molecule has 2 saturated heterocycles. The molecule has 8 heteroatoms. The first kappa shape index (κ1) is 23.4. The summed E-state index contributed by atoms with van der Waals surface area (Å²) in [5, 5.41) is 7.04. The monoisotopic (exact) mass is 509 g/mol. The predicted octanol–water partition coefficient (Wildman–Crippen LogP) is 5.63. The second-order valence-corrected chi connectivity index (χ2v) is 10.6. The fourth-order valence-corrected chi connectivity index (χ4v) is 5.85. The van der Waals surface area contributed by atoms with Crippen LogP contribution in [0.3, 0.4) is 0 Å². The Morgan fingerprint density at radius 1 is 0.711 bits per heavy atom. The summed E-state index contributed by atoms with van der Waals surface area (Å²) in [6, 6.07) is 20.2. The van der Waals surface area contributed by atoms with Crippen molar-refractivity contribution in [3.05, 3.63) is 89.3 Å². The zero-order valence-electron chi connectivity index (χ0n) is 21.3. The summed E-state index contributed by atoms with van der Waals surface area (Å²) in [5.41, 5.74) is 7.41. The molecular weight excluding hydrogens is 477 g/mol. The molecule has 2 aromatic heterocycles. The molecule has 2 unspecified atom stereocenters. The van der Waals surface area contributed by atoms with Crippen LogP contribution in [0.15, 0.2) is 60.7 Å². The number of aromatic nitrogens is 4. The number of nitrogens with one attached hydrogen (secondary N) is 4. The Hall–Kier alpha value is -3.75. The molecule has 2 fully saturated rings. The third kappa shape index (κ3) is 4.66. The fraction of sp³-hybridized carbons (Fsp3) is 0.333. The van der Waals surface area contributed by atoms with E-state index in [-0.39, 0.29) is 5.82 Å². The van der Waals surface area contributed by atoms with Crippen molar-refractivity contribution in [2.24, 2.45) is 0 Å². The van der Waals surface area contributed by atoms with Gasteiger partial charge in [0.15, 0.2) is 0 Å². The average molecular weight is 510 g/mol. The number of rotatable bonds is 7. The number of H-pyrrole nitrogens is 2. The maximum Gasteiger partial charge on any atom is 0.124 e. The molecule has 7 nitrogen and oxygen atoms in total. The first-order chi connectivity index (χ1) is 18.7. The number of fused-ring (bicyclic) bond motifs is 2. The Balaban J connectivity index is 1.17. The number of nitrogens with zero attached hydrogens (tertiary/aromatic N) is 3. The van der Waals surface area contributed by atoms with Crippen LogP contribution in [0.25, 0.3) is 22.1 Å². The van der Waals surface area contributed by atoms with Gasteiger partial charge in [0, 0.05) is 18.8 Å². The van der Waals surface area contributed by atoms with E-state index in [1.165, 1.54) is 36.1 Å². The van der Waals surface area contributed by atoms with E-state index >= 15 is 0 Å². The number of hydrogen-bond donors (Lipinski definition) is 4. The third-order valence-corrected chi connectivity index (χ3v) is 7.85. The van der Waals surface area contributed by atoms with Crippen molar-refractivity contribution in [1.29, 1.82) is 0 Å². The fourth-order valence-electron chi connectivity index (χ4n) is 5.85. The van der Waals surface area contributed by atoms with E-state index in [2.05, 4.69) is 61.9 Å². The van der Waals surface area contributed by atoms with Crippen molar-refractivity contribution in [2.45, 2.75) is 50.9 Å². The molecule has 2 aliphatic heterocycles. The van der Waals surface area contributed by atoms with E-state index in [9.17, 15) is 4.39 Å². The molecule has 0 bridgehead atoms. The van der Waals surface area contributed by atoms with Gasteiger partial charge in [-0.1, -0.05) is 12.1 Å². The number of halogens is 1. The summed E-state index contributed by atoms with van der Waals surface area (Å²) >= 11 is 0. The molecule has 3 aromatic carbocycles. The second-order valence-electron chi connectivity index (χ2n) is 10.6. The predicted molar refractivity (Wildman–Crippen MR) is 148 cm³/mol. The normalized spacial score (nSPS) is 19.6. The highest BCUT2D eigenvalue weighted by Gasteiger charge is 2.21. The lowest BCUT2D eigenvalue weighted by Gasteiger charge is -2.25. The number of aromatic amines is 2. The second kappa shape index (κ2) is 9.85. The van der Waals surface area contributed by atoms with Crippen LogP contribution in [0.4, 0.5) is 10.1 Å². The van der Waals surface area contributed by atoms with Crippen LogP contribution in [-0.2, 0) is 13.1 Å². The zero-order chi connectivity index (χ0) is 25.5. The quantitative estimate of drug-likeness (QED) is 0.228. The topological polar surface area (TPSA) is 84.7 Å². The Morgan fingerprint density at radius 2 is 1.24 bits per heavy atom. The van der Waals surface area contributed by atoms with Crippen molar-refractivity contribution in [1.82, 2.24) is 30.6 Å². The van der Waals surface area contributed by atoms with Gasteiger partial charge < -0.3 is 25.5 Å². The van der Waals surface area contributed by atoms with Crippen LogP contribution in [0.5, 0.6) is 0 Å². The summed E-state index contributed by atoms with van der Waals surface area (Å²) in [6.45, 7) is 3.47. The van der Waals surface area contributed by atoms with Crippen molar-refractivity contribution in [2.75, 3.05) is 18.0 Å². The van der Waals surface area contributed by atoms with Gasteiger partial charge in [-0.05, 0) is 98.4 Å². The molecule has 0 spiro atoms. The molecule has 2 aliphatic rings. The molecule has 7 rings (SSSR count). The van der Waals surface area contributed by atoms with Gasteiger partial charge in [0.1, 0.15) is 17.5 Å². The molecule has 4 N–H and O–H groups in total. The highest BCUT2D eigenvalue weighted by Crippen LogP contribution is 2.27. The highest BCUT2D eigenvalue weighted by molar-refractivity contribution is 5.77. The van der Waals surface area contributed by atoms with Gasteiger partial charge in [-0.25, -0.2) is 14.4 Å². The zero-order valence-corrected chi connectivity index (χ0v) is 21.3. The first-order valence-corrected chi connectivity index (χ1v) is 13.6. The van der Waals surface area contributed by atoms with Crippen LogP contribution in [0, 0.1) is 5.82 Å². The molecular formula is C30H32FN7.